The summed E-state index contributed by atoms with van der Waals surface area (Å²) in [4.78, 5) is 24.5. The molecule has 0 unspecified atom stereocenters. The Morgan fingerprint density at radius 3 is 2.34 bits per heavy atom. The molecule has 6 nitrogen and oxygen atoms in total. The Hall–Kier alpha value is -3.45. The van der Waals surface area contributed by atoms with Gasteiger partial charge in [0.2, 0.25) is 0 Å². The van der Waals surface area contributed by atoms with Crippen LogP contribution >= 0.6 is 12.2 Å². The normalized spacial score (nSPS) is 10.3. The van der Waals surface area contributed by atoms with Crippen LogP contribution in [0.3, 0.4) is 0 Å². The molecule has 1 aromatic heterocycles. The summed E-state index contributed by atoms with van der Waals surface area (Å²) in [5.41, 5.74) is 4.74. The van der Waals surface area contributed by atoms with E-state index in [2.05, 4.69) is 16.0 Å². The zero-order valence-corrected chi connectivity index (χ0v) is 17.1. The Morgan fingerprint density at radius 2 is 1.69 bits per heavy atom. The van der Waals surface area contributed by atoms with Crippen LogP contribution in [0.1, 0.15) is 37.6 Å². The number of hydrogen-bond donors (Lipinski definition) is 3. The first-order chi connectivity index (χ1) is 13.8. The number of anilines is 2. The summed E-state index contributed by atoms with van der Waals surface area (Å²) in [5.74, 6) is -0.351. The van der Waals surface area contributed by atoms with Crippen molar-refractivity contribution < 1.29 is 14.0 Å². The van der Waals surface area contributed by atoms with Crippen molar-refractivity contribution in [3.8, 4) is 0 Å². The van der Waals surface area contributed by atoms with Crippen molar-refractivity contribution in [1.82, 2.24) is 5.32 Å². The molecular weight excluding hydrogens is 386 g/mol. The van der Waals surface area contributed by atoms with E-state index in [1.54, 1.807) is 30.3 Å². The van der Waals surface area contributed by atoms with Gasteiger partial charge in [0.05, 0.1) is 6.26 Å². The Bertz CT molecular complexity index is 1070. The van der Waals surface area contributed by atoms with Gasteiger partial charge >= 0.3 is 0 Å². The van der Waals surface area contributed by atoms with Crippen LogP contribution in [0.15, 0.2) is 59.2 Å². The Labute approximate surface area is 174 Å². The van der Waals surface area contributed by atoms with E-state index in [0.29, 0.717) is 16.9 Å². The molecule has 29 heavy (non-hydrogen) atoms. The SMILES string of the molecule is Cc1ccc(C(=O)NC(=S)Nc2ccc(NC(=O)c3ccco3)c(C)c2)c(C)c1. The standard InChI is InChI=1S/C22H21N3O3S/c1-13-6-8-17(14(2)11-13)20(26)25-22(29)23-16-7-9-18(15(3)12-16)24-21(27)19-5-4-10-28-19/h4-12H,1-3H3,(H,24,27)(H2,23,25,26,29). The van der Waals surface area contributed by atoms with E-state index in [4.69, 9.17) is 16.6 Å². The number of nitrogens with one attached hydrogen (secondary N) is 3. The summed E-state index contributed by atoms with van der Waals surface area (Å²) in [6, 6.07) is 14.2. The third-order valence-electron chi connectivity index (χ3n) is 4.33. The fourth-order valence-electron chi connectivity index (χ4n) is 2.87. The van der Waals surface area contributed by atoms with Gasteiger partial charge in [-0.3, -0.25) is 14.9 Å². The highest BCUT2D eigenvalue weighted by atomic mass is 32.1. The minimum atomic E-state index is -0.324. The predicted octanol–water partition coefficient (Wildman–Crippen LogP) is 4.58. The Balaban J connectivity index is 1.62. The maximum absolute atomic E-state index is 12.4. The van der Waals surface area contributed by atoms with Crippen molar-refractivity contribution in [3.05, 3.63) is 82.8 Å². The number of aryl methyl sites for hydroxylation is 3. The van der Waals surface area contributed by atoms with Crippen LogP contribution in [-0.4, -0.2) is 16.9 Å². The number of thiocarbonyl (C=S) groups is 1. The van der Waals surface area contributed by atoms with Crippen LogP contribution in [0.25, 0.3) is 0 Å². The molecule has 0 saturated heterocycles. The van der Waals surface area contributed by atoms with Gasteiger partial charge in [-0.05, 0) is 80.5 Å². The van der Waals surface area contributed by atoms with E-state index in [1.165, 1.54) is 6.26 Å². The zero-order valence-electron chi connectivity index (χ0n) is 16.3. The van der Waals surface area contributed by atoms with Gasteiger partial charge in [0.15, 0.2) is 10.9 Å². The lowest BCUT2D eigenvalue weighted by Gasteiger charge is -2.13. The second-order valence-corrected chi connectivity index (χ2v) is 7.10. The molecule has 0 aliphatic carbocycles. The van der Waals surface area contributed by atoms with Crippen LogP contribution in [-0.2, 0) is 0 Å². The minimum Gasteiger partial charge on any atom is -0.459 e. The summed E-state index contributed by atoms with van der Waals surface area (Å²) >= 11 is 5.26. The number of amides is 2. The molecule has 0 atom stereocenters. The molecule has 148 valence electrons. The number of rotatable bonds is 4. The molecule has 0 fully saturated rings. The van der Waals surface area contributed by atoms with E-state index in [-0.39, 0.29) is 22.7 Å². The van der Waals surface area contributed by atoms with Gasteiger partial charge in [-0.2, -0.15) is 0 Å². The van der Waals surface area contributed by atoms with Crippen LogP contribution in [0.4, 0.5) is 11.4 Å². The van der Waals surface area contributed by atoms with Gasteiger partial charge in [-0.25, -0.2) is 0 Å². The number of carbonyl (C=O) groups excluding carboxylic acids is 2. The summed E-state index contributed by atoms with van der Waals surface area (Å²) in [7, 11) is 0. The van der Waals surface area contributed by atoms with Gasteiger partial charge in [-0.15, -0.1) is 0 Å². The number of furan rings is 1. The smallest absolute Gasteiger partial charge is 0.291 e. The fraction of sp³-hybridized carbons (Fsp3) is 0.136. The summed E-state index contributed by atoms with van der Waals surface area (Å²) in [6.45, 7) is 5.72. The largest absolute Gasteiger partial charge is 0.459 e. The van der Waals surface area contributed by atoms with Crippen LogP contribution < -0.4 is 16.0 Å². The van der Waals surface area contributed by atoms with Crippen molar-refractivity contribution in [2.75, 3.05) is 10.6 Å². The van der Waals surface area contributed by atoms with Gasteiger partial charge in [0, 0.05) is 16.9 Å². The Morgan fingerprint density at radius 1 is 0.897 bits per heavy atom. The number of benzene rings is 2. The molecule has 1 heterocycles. The molecule has 0 spiro atoms. The maximum atomic E-state index is 12.4. The Kier molecular flexibility index (Phi) is 6.09. The summed E-state index contributed by atoms with van der Waals surface area (Å²) in [5, 5.41) is 8.67. The third kappa shape index (κ3) is 5.08. The average molecular weight is 407 g/mol. The molecule has 2 amide bonds. The molecule has 7 heteroatoms. The van der Waals surface area contributed by atoms with E-state index in [0.717, 1.165) is 16.7 Å². The van der Waals surface area contributed by atoms with Crippen molar-refractivity contribution >= 4 is 40.5 Å². The first-order valence-electron chi connectivity index (χ1n) is 8.98. The highest BCUT2D eigenvalue weighted by Gasteiger charge is 2.13. The summed E-state index contributed by atoms with van der Waals surface area (Å²) < 4.78 is 5.09. The second-order valence-electron chi connectivity index (χ2n) is 6.69. The molecule has 3 N–H and O–H groups in total. The highest BCUT2D eigenvalue weighted by molar-refractivity contribution is 7.80. The van der Waals surface area contributed by atoms with Crippen LogP contribution in [0.2, 0.25) is 0 Å². The molecule has 0 radical (unpaired) electrons. The zero-order chi connectivity index (χ0) is 21.0. The quantitative estimate of drug-likeness (QED) is 0.551. The van der Waals surface area contributed by atoms with Crippen LogP contribution in [0.5, 0.6) is 0 Å². The second kappa shape index (κ2) is 8.70. The average Bonchev–Trinajstić information content (AvgIpc) is 3.18. The lowest BCUT2D eigenvalue weighted by molar-refractivity contribution is 0.0974. The van der Waals surface area contributed by atoms with Gasteiger partial charge in [0.1, 0.15) is 0 Å². The fourth-order valence-corrected chi connectivity index (χ4v) is 3.09. The lowest BCUT2D eigenvalue weighted by atomic mass is 10.1. The molecule has 2 aromatic carbocycles. The molecule has 0 aliphatic heterocycles. The molecule has 0 aliphatic rings. The molecule has 0 saturated carbocycles. The van der Waals surface area contributed by atoms with Gasteiger partial charge in [-0.1, -0.05) is 17.7 Å². The molecule has 0 bridgehead atoms. The van der Waals surface area contributed by atoms with E-state index in [1.807, 2.05) is 39.0 Å². The minimum absolute atomic E-state index is 0.196. The molecular formula is C22H21N3O3S. The topological polar surface area (TPSA) is 83.4 Å². The first kappa shape index (κ1) is 20.3. The monoisotopic (exact) mass is 407 g/mol. The first-order valence-corrected chi connectivity index (χ1v) is 9.39. The van der Waals surface area contributed by atoms with Crippen molar-refractivity contribution in [3.63, 3.8) is 0 Å². The maximum Gasteiger partial charge on any atom is 0.291 e. The van der Waals surface area contributed by atoms with Crippen molar-refractivity contribution in [2.24, 2.45) is 0 Å². The molecule has 3 rings (SSSR count). The number of hydrogen-bond acceptors (Lipinski definition) is 4. The van der Waals surface area contributed by atoms with Crippen LogP contribution in [0, 0.1) is 20.8 Å². The summed E-state index contributed by atoms with van der Waals surface area (Å²) in [6.07, 6.45) is 1.45. The molecule has 3 aromatic rings. The highest BCUT2D eigenvalue weighted by Crippen LogP contribution is 2.20. The van der Waals surface area contributed by atoms with E-state index >= 15 is 0 Å². The van der Waals surface area contributed by atoms with Crippen molar-refractivity contribution in [1.29, 1.82) is 0 Å². The predicted molar refractivity (Wildman–Crippen MR) is 117 cm³/mol. The van der Waals surface area contributed by atoms with Gasteiger partial charge in [0.25, 0.3) is 11.8 Å². The van der Waals surface area contributed by atoms with Gasteiger partial charge < -0.3 is 15.1 Å². The lowest BCUT2D eigenvalue weighted by Crippen LogP contribution is -2.34. The van der Waals surface area contributed by atoms with E-state index in [9.17, 15) is 9.59 Å². The van der Waals surface area contributed by atoms with Crippen molar-refractivity contribution in [2.45, 2.75) is 20.8 Å². The number of carbonyl (C=O) groups is 2. The van der Waals surface area contributed by atoms with E-state index < -0.39 is 0 Å². The third-order valence-corrected chi connectivity index (χ3v) is 4.54.